The fraction of sp³-hybridized carbons (Fsp3) is 0. The Labute approximate surface area is 103 Å². The smallest absolute Gasteiger partial charge is 1.00 e. The molecule has 0 fully saturated rings. The number of aromatic hydroxyl groups is 1. The first-order valence-electron chi connectivity index (χ1n) is 3.31. The van der Waals surface area contributed by atoms with Gasteiger partial charge in [-0.2, -0.15) is 0 Å². The van der Waals surface area contributed by atoms with Crippen LogP contribution in [0.3, 0.4) is 0 Å². The zero-order valence-electron chi connectivity index (χ0n) is 8.39. The average Bonchev–Trinajstić information content (AvgIpc) is 2.03. The van der Waals surface area contributed by atoms with E-state index in [9.17, 15) is 9.59 Å². The quantitative estimate of drug-likeness (QED) is 0.482. The molecule has 0 aliphatic heterocycles. The second-order valence-corrected chi connectivity index (χ2v) is 2.38. The van der Waals surface area contributed by atoms with Gasteiger partial charge in [0.15, 0.2) is 0 Å². The molecule has 1 aromatic carbocycles. The fourth-order valence-corrected chi connectivity index (χ4v) is 0.858. The molecule has 0 aromatic heterocycles. The Morgan fingerprint density at radius 2 is 1.36 bits per heavy atom. The van der Waals surface area contributed by atoms with E-state index in [0.29, 0.717) is 0 Å². The molecule has 0 saturated carbocycles. The van der Waals surface area contributed by atoms with Gasteiger partial charge in [0.2, 0.25) is 0 Å². The number of carboxylic acid groups (broad SMARTS) is 2. The molecule has 0 spiro atoms. The van der Waals surface area contributed by atoms with Gasteiger partial charge < -0.3 is 16.7 Å². The zero-order valence-corrected chi connectivity index (χ0v) is 9.39. The molecular formula is C8H7NaO5. The molecule has 6 heteroatoms. The maximum Gasteiger partial charge on any atom is 1.00 e. The van der Waals surface area contributed by atoms with Crippen molar-refractivity contribution in [1.29, 1.82) is 0 Å². The number of phenols is 1. The Kier molecular flexibility index (Phi) is 4.62. The molecule has 1 rings (SSSR count). The number of hydrogen-bond acceptors (Lipinski definition) is 3. The van der Waals surface area contributed by atoms with E-state index >= 15 is 0 Å². The van der Waals surface area contributed by atoms with E-state index < -0.39 is 11.9 Å². The van der Waals surface area contributed by atoms with Gasteiger partial charge in [-0.05, 0) is 18.2 Å². The maximum absolute atomic E-state index is 10.4. The SMILES string of the molecule is O=C(O)c1cc(O)cc(C(=O)O)c1.[H-].[Na+]. The van der Waals surface area contributed by atoms with E-state index in [4.69, 9.17) is 15.3 Å². The molecule has 0 bridgehead atoms. The Balaban J connectivity index is 0. The van der Waals surface area contributed by atoms with Gasteiger partial charge in [0, 0.05) is 0 Å². The van der Waals surface area contributed by atoms with Crippen LogP contribution >= 0.6 is 0 Å². The summed E-state index contributed by atoms with van der Waals surface area (Å²) in [6, 6.07) is 2.94. The van der Waals surface area contributed by atoms with Crippen molar-refractivity contribution in [3.05, 3.63) is 29.3 Å². The first-order valence-corrected chi connectivity index (χ1v) is 3.31. The van der Waals surface area contributed by atoms with Gasteiger partial charge in [0.05, 0.1) is 11.1 Å². The van der Waals surface area contributed by atoms with Crippen LogP contribution in [0.25, 0.3) is 0 Å². The number of aromatic carboxylic acids is 2. The van der Waals surface area contributed by atoms with Crippen molar-refractivity contribution in [3.63, 3.8) is 0 Å². The molecule has 14 heavy (non-hydrogen) atoms. The van der Waals surface area contributed by atoms with Crippen LogP contribution in [-0.2, 0) is 0 Å². The number of hydrogen-bond donors (Lipinski definition) is 3. The second-order valence-electron chi connectivity index (χ2n) is 2.38. The molecule has 0 radical (unpaired) electrons. The van der Waals surface area contributed by atoms with Crippen LogP contribution in [0.5, 0.6) is 5.75 Å². The third kappa shape index (κ3) is 3.02. The van der Waals surface area contributed by atoms with Gasteiger partial charge in [-0.3, -0.25) is 0 Å². The minimum atomic E-state index is -1.28. The van der Waals surface area contributed by atoms with Crippen LogP contribution in [0, 0.1) is 0 Å². The van der Waals surface area contributed by atoms with Crippen molar-refractivity contribution in [2.24, 2.45) is 0 Å². The van der Waals surface area contributed by atoms with Gasteiger partial charge in [0.1, 0.15) is 5.75 Å². The maximum atomic E-state index is 10.4. The van der Waals surface area contributed by atoms with E-state index in [1.54, 1.807) is 0 Å². The summed E-state index contributed by atoms with van der Waals surface area (Å²) in [4.78, 5) is 20.8. The monoisotopic (exact) mass is 206 g/mol. The minimum absolute atomic E-state index is 0. The molecule has 0 heterocycles. The van der Waals surface area contributed by atoms with Crippen molar-refractivity contribution in [3.8, 4) is 5.75 Å². The number of rotatable bonds is 2. The molecule has 0 saturated heterocycles. The van der Waals surface area contributed by atoms with Gasteiger partial charge in [-0.15, -0.1) is 0 Å². The summed E-state index contributed by atoms with van der Waals surface area (Å²) >= 11 is 0. The van der Waals surface area contributed by atoms with Crippen LogP contribution in [0.1, 0.15) is 22.1 Å². The summed E-state index contributed by atoms with van der Waals surface area (Å²) in [5.41, 5.74) is -0.505. The van der Waals surface area contributed by atoms with Gasteiger partial charge >= 0.3 is 41.5 Å². The van der Waals surface area contributed by atoms with Gasteiger partial charge in [0.25, 0.3) is 0 Å². The number of carbonyl (C=O) groups is 2. The van der Waals surface area contributed by atoms with Crippen LogP contribution in [0.4, 0.5) is 0 Å². The van der Waals surface area contributed by atoms with Crippen molar-refractivity contribution >= 4 is 11.9 Å². The largest absolute Gasteiger partial charge is 1.00 e. The summed E-state index contributed by atoms with van der Waals surface area (Å²) in [6.45, 7) is 0. The third-order valence-electron chi connectivity index (χ3n) is 1.41. The van der Waals surface area contributed by atoms with Gasteiger partial charge in [-0.1, -0.05) is 0 Å². The van der Waals surface area contributed by atoms with E-state index in [0.717, 1.165) is 18.2 Å². The van der Waals surface area contributed by atoms with Crippen molar-refractivity contribution in [2.45, 2.75) is 0 Å². The molecule has 70 valence electrons. The molecule has 5 nitrogen and oxygen atoms in total. The molecule has 1 aromatic rings. The fourth-order valence-electron chi connectivity index (χ4n) is 0.858. The Bertz CT molecular complexity index is 347. The summed E-state index contributed by atoms with van der Waals surface area (Å²) in [6.07, 6.45) is 0. The molecule has 0 atom stereocenters. The second kappa shape index (κ2) is 4.99. The first-order chi connectivity index (χ1) is 6.00. The van der Waals surface area contributed by atoms with Crippen LogP contribution in [-0.4, -0.2) is 27.3 Å². The number of carboxylic acids is 2. The normalized spacial score (nSPS) is 8.86. The molecular weight excluding hydrogens is 199 g/mol. The summed E-state index contributed by atoms with van der Waals surface area (Å²) in [5.74, 6) is -2.94. The van der Waals surface area contributed by atoms with Crippen molar-refractivity contribution in [2.75, 3.05) is 0 Å². The number of phenolic OH excluding ortho intramolecular Hbond substituents is 1. The van der Waals surface area contributed by atoms with Crippen LogP contribution in [0.2, 0.25) is 0 Å². The Hall–Kier alpha value is -1.04. The predicted molar refractivity (Wildman–Crippen MR) is 43.1 cm³/mol. The molecule has 0 aliphatic carbocycles. The number of benzene rings is 1. The van der Waals surface area contributed by atoms with Crippen molar-refractivity contribution in [1.82, 2.24) is 0 Å². The van der Waals surface area contributed by atoms with E-state index in [1.165, 1.54) is 0 Å². The zero-order chi connectivity index (χ0) is 10.0. The average molecular weight is 206 g/mol. The topological polar surface area (TPSA) is 94.8 Å². The molecule has 0 amide bonds. The minimum Gasteiger partial charge on any atom is -1.00 e. The van der Waals surface area contributed by atoms with Crippen LogP contribution in [0.15, 0.2) is 18.2 Å². The summed E-state index contributed by atoms with van der Waals surface area (Å²) in [5, 5.41) is 26.0. The van der Waals surface area contributed by atoms with E-state index in [2.05, 4.69) is 0 Å². The molecule has 3 N–H and O–H groups in total. The van der Waals surface area contributed by atoms with E-state index in [-0.39, 0.29) is 47.9 Å². The van der Waals surface area contributed by atoms with E-state index in [1.807, 2.05) is 0 Å². The van der Waals surface area contributed by atoms with Crippen molar-refractivity contribution < 1.29 is 55.9 Å². The Morgan fingerprint density at radius 3 is 1.64 bits per heavy atom. The third-order valence-corrected chi connectivity index (χ3v) is 1.41. The summed E-state index contributed by atoms with van der Waals surface area (Å²) in [7, 11) is 0. The Morgan fingerprint density at radius 1 is 1.00 bits per heavy atom. The molecule has 0 unspecified atom stereocenters. The van der Waals surface area contributed by atoms with Crippen LogP contribution < -0.4 is 29.6 Å². The van der Waals surface area contributed by atoms with Gasteiger partial charge in [-0.25, -0.2) is 9.59 Å². The standard InChI is InChI=1S/C8H6O5.Na.H/c9-6-2-4(7(10)11)1-5(3-6)8(12)13;;/h1-3,9H,(H,10,11)(H,12,13);;/q;+1;-1. The molecule has 0 aliphatic rings. The summed E-state index contributed by atoms with van der Waals surface area (Å²) < 4.78 is 0. The predicted octanol–water partition coefficient (Wildman–Crippen LogP) is -2.09. The first kappa shape index (κ1) is 13.0.